The van der Waals surface area contributed by atoms with Crippen molar-refractivity contribution in [3.05, 3.63) is 23.3 Å². The summed E-state index contributed by atoms with van der Waals surface area (Å²) in [6.45, 7) is 6.05. The molecule has 102 valence electrons. The molecule has 1 heteroatoms. The van der Waals surface area contributed by atoms with E-state index in [4.69, 9.17) is 0 Å². The van der Waals surface area contributed by atoms with Crippen LogP contribution >= 0.6 is 0 Å². The van der Waals surface area contributed by atoms with E-state index in [0.717, 1.165) is 18.8 Å². The predicted molar refractivity (Wildman–Crippen MR) is 78.6 cm³/mol. The molecule has 0 unspecified atom stereocenters. The standard InChI is InChI=1S/C17H28O/c1-14(10-12-16(3)18)6-4-7-15(2)11-13-17-8-5-9-17/h6,11,17H,4-5,7-10,12-13H2,1-3H3/b14-6+,15-11+. The Morgan fingerprint density at radius 3 is 2.22 bits per heavy atom. The minimum Gasteiger partial charge on any atom is -0.300 e. The molecule has 0 aromatic carbocycles. The molecule has 0 N–H and O–H groups in total. The topological polar surface area (TPSA) is 17.1 Å². The van der Waals surface area contributed by atoms with E-state index in [0.29, 0.717) is 12.2 Å². The lowest BCUT2D eigenvalue weighted by molar-refractivity contribution is -0.116. The summed E-state index contributed by atoms with van der Waals surface area (Å²) in [4.78, 5) is 10.9. The molecule has 0 heterocycles. The number of Topliss-reactive ketones (excluding diaryl/α,β-unsaturated/α-hetero) is 1. The van der Waals surface area contributed by atoms with Crippen LogP contribution in [-0.4, -0.2) is 5.78 Å². The van der Waals surface area contributed by atoms with Gasteiger partial charge in [-0.15, -0.1) is 0 Å². The Kier molecular flexibility index (Phi) is 7.00. The highest BCUT2D eigenvalue weighted by Crippen LogP contribution is 2.30. The smallest absolute Gasteiger partial charge is 0.130 e. The van der Waals surface area contributed by atoms with Gasteiger partial charge in [0, 0.05) is 6.42 Å². The molecule has 1 nitrogen and oxygen atoms in total. The molecule has 18 heavy (non-hydrogen) atoms. The first kappa shape index (κ1) is 15.2. The molecule has 0 spiro atoms. The molecule has 0 amide bonds. The van der Waals surface area contributed by atoms with Crippen molar-refractivity contribution in [2.75, 3.05) is 0 Å². The number of carbonyl (C=O) groups excluding carboxylic acids is 1. The van der Waals surface area contributed by atoms with Crippen LogP contribution in [0.1, 0.15) is 72.1 Å². The van der Waals surface area contributed by atoms with E-state index in [9.17, 15) is 4.79 Å². The quantitative estimate of drug-likeness (QED) is 0.538. The molecule has 1 fully saturated rings. The van der Waals surface area contributed by atoms with Crippen LogP contribution in [0.4, 0.5) is 0 Å². The van der Waals surface area contributed by atoms with Crippen LogP contribution in [-0.2, 0) is 4.79 Å². The molecular formula is C17H28O. The lowest BCUT2D eigenvalue weighted by Crippen LogP contribution is -2.09. The van der Waals surface area contributed by atoms with Gasteiger partial charge in [-0.2, -0.15) is 0 Å². The van der Waals surface area contributed by atoms with Crippen LogP contribution in [0.5, 0.6) is 0 Å². The van der Waals surface area contributed by atoms with E-state index in [1.165, 1.54) is 43.3 Å². The first-order valence-corrected chi connectivity index (χ1v) is 7.38. The molecule has 1 aliphatic rings. The number of hydrogen-bond acceptors (Lipinski definition) is 1. The summed E-state index contributed by atoms with van der Waals surface area (Å²) in [7, 11) is 0. The van der Waals surface area contributed by atoms with E-state index >= 15 is 0 Å². The van der Waals surface area contributed by atoms with Gasteiger partial charge in [0.2, 0.25) is 0 Å². The minimum atomic E-state index is 0.291. The lowest BCUT2D eigenvalue weighted by atomic mass is 9.82. The van der Waals surface area contributed by atoms with Gasteiger partial charge in [0.1, 0.15) is 5.78 Å². The fourth-order valence-corrected chi connectivity index (χ4v) is 2.22. The van der Waals surface area contributed by atoms with Crippen molar-refractivity contribution in [1.82, 2.24) is 0 Å². The summed E-state index contributed by atoms with van der Waals surface area (Å²) < 4.78 is 0. The molecule has 1 rings (SSSR count). The normalized spacial score (nSPS) is 17.7. The summed E-state index contributed by atoms with van der Waals surface area (Å²) >= 11 is 0. The molecule has 0 atom stereocenters. The fourth-order valence-electron chi connectivity index (χ4n) is 2.22. The van der Waals surface area contributed by atoms with Crippen LogP contribution in [0.25, 0.3) is 0 Å². The average molecular weight is 248 g/mol. The van der Waals surface area contributed by atoms with Crippen molar-refractivity contribution < 1.29 is 4.79 Å². The van der Waals surface area contributed by atoms with Crippen LogP contribution in [0.15, 0.2) is 23.3 Å². The molecule has 0 aromatic heterocycles. The maximum atomic E-state index is 10.9. The summed E-state index contributed by atoms with van der Waals surface area (Å²) in [6.07, 6.45) is 14.3. The van der Waals surface area contributed by atoms with Crippen LogP contribution in [0, 0.1) is 5.92 Å². The highest BCUT2D eigenvalue weighted by molar-refractivity contribution is 5.75. The maximum Gasteiger partial charge on any atom is 0.130 e. The van der Waals surface area contributed by atoms with E-state index in [2.05, 4.69) is 26.0 Å². The van der Waals surface area contributed by atoms with Gasteiger partial charge in [-0.3, -0.25) is 0 Å². The van der Waals surface area contributed by atoms with Crippen molar-refractivity contribution in [3.8, 4) is 0 Å². The zero-order chi connectivity index (χ0) is 13.4. The Morgan fingerprint density at radius 2 is 1.67 bits per heavy atom. The Hall–Kier alpha value is -0.850. The zero-order valence-corrected chi connectivity index (χ0v) is 12.3. The van der Waals surface area contributed by atoms with Crippen molar-refractivity contribution in [2.24, 2.45) is 5.92 Å². The monoisotopic (exact) mass is 248 g/mol. The average Bonchev–Trinajstić information content (AvgIpc) is 2.24. The molecule has 1 aliphatic carbocycles. The van der Waals surface area contributed by atoms with Crippen molar-refractivity contribution in [1.29, 1.82) is 0 Å². The number of hydrogen-bond donors (Lipinski definition) is 0. The van der Waals surface area contributed by atoms with Crippen molar-refractivity contribution in [3.63, 3.8) is 0 Å². The van der Waals surface area contributed by atoms with Gasteiger partial charge in [-0.25, -0.2) is 0 Å². The Labute approximate surface area is 112 Å². The lowest BCUT2D eigenvalue weighted by Gasteiger charge is -2.23. The molecule has 0 bridgehead atoms. The molecule has 1 saturated carbocycles. The second kappa shape index (κ2) is 8.29. The van der Waals surface area contributed by atoms with Crippen LogP contribution < -0.4 is 0 Å². The number of carbonyl (C=O) groups is 1. The van der Waals surface area contributed by atoms with Gasteiger partial charge in [-0.1, -0.05) is 42.6 Å². The second-order valence-corrected chi connectivity index (χ2v) is 5.87. The Bertz CT molecular complexity index is 319. The fraction of sp³-hybridized carbons (Fsp3) is 0.706. The highest BCUT2D eigenvalue weighted by atomic mass is 16.1. The molecule has 0 aromatic rings. The maximum absolute atomic E-state index is 10.9. The van der Waals surface area contributed by atoms with E-state index in [1.807, 2.05) is 0 Å². The van der Waals surface area contributed by atoms with Crippen LogP contribution in [0.2, 0.25) is 0 Å². The second-order valence-electron chi connectivity index (χ2n) is 5.87. The number of ketones is 1. The molecular weight excluding hydrogens is 220 g/mol. The Morgan fingerprint density at radius 1 is 1.00 bits per heavy atom. The van der Waals surface area contributed by atoms with Crippen molar-refractivity contribution >= 4 is 5.78 Å². The SMILES string of the molecule is CC(=O)CC/C(C)=C/CC/C(C)=C/CC1CCC1. The largest absolute Gasteiger partial charge is 0.300 e. The van der Waals surface area contributed by atoms with Crippen LogP contribution in [0.3, 0.4) is 0 Å². The third-order valence-electron chi connectivity index (χ3n) is 3.93. The van der Waals surface area contributed by atoms with Gasteiger partial charge in [0.15, 0.2) is 0 Å². The molecule has 0 aliphatic heterocycles. The summed E-state index contributed by atoms with van der Waals surface area (Å²) in [6, 6.07) is 0. The third kappa shape index (κ3) is 6.78. The summed E-state index contributed by atoms with van der Waals surface area (Å²) in [5.41, 5.74) is 2.88. The molecule has 0 radical (unpaired) electrons. The van der Waals surface area contributed by atoms with Gasteiger partial charge in [0.25, 0.3) is 0 Å². The van der Waals surface area contributed by atoms with Gasteiger partial charge in [0.05, 0.1) is 0 Å². The third-order valence-corrected chi connectivity index (χ3v) is 3.93. The first-order valence-electron chi connectivity index (χ1n) is 7.38. The van der Waals surface area contributed by atoms with E-state index in [1.54, 1.807) is 6.92 Å². The van der Waals surface area contributed by atoms with E-state index in [-0.39, 0.29) is 0 Å². The van der Waals surface area contributed by atoms with E-state index < -0.39 is 0 Å². The minimum absolute atomic E-state index is 0.291. The number of rotatable bonds is 8. The first-order chi connectivity index (χ1) is 8.58. The Balaban J connectivity index is 2.14. The zero-order valence-electron chi connectivity index (χ0n) is 12.3. The van der Waals surface area contributed by atoms with Gasteiger partial charge in [-0.05, 0) is 52.4 Å². The summed E-state index contributed by atoms with van der Waals surface area (Å²) in [5, 5.41) is 0. The molecule has 0 saturated heterocycles. The predicted octanol–water partition coefficient (Wildman–Crippen LogP) is 5.22. The van der Waals surface area contributed by atoms with Gasteiger partial charge < -0.3 is 4.79 Å². The van der Waals surface area contributed by atoms with Gasteiger partial charge >= 0.3 is 0 Å². The number of allylic oxidation sites excluding steroid dienone is 4. The highest BCUT2D eigenvalue weighted by Gasteiger charge is 2.15. The summed E-state index contributed by atoms with van der Waals surface area (Å²) in [5.74, 6) is 1.27. The van der Waals surface area contributed by atoms with Crippen molar-refractivity contribution in [2.45, 2.75) is 72.1 Å².